The predicted molar refractivity (Wildman–Crippen MR) is 182 cm³/mol. The summed E-state index contributed by atoms with van der Waals surface area (Å²) in [4.78, 5) is 14.8. The second-order valence-electron chi connectivity index (χ2n) is 11.6. The van der Waals surface area contributed by atoms with Gasteiger partial charge in [-0.1, -0.05) is 109 Å². The van der Waals surface area contributed by atoms with Crippen LogP contribution in [0.4, 0.5) is 0 Å². The van der Waals surface area contributed by atoms with Gasteiger partial charge in [-0.15, -0.1) is 0 Å². The molecule has 0 amide bonds. The molecule has 2 aliphatic carbocycles. The maximum absolute atomic E-state index is 5.23. The van der Waals surface area contributed by atoms with Crippen LogP contribution in [0.3, 0.4) is 0 Å². The largest absolute Gasteiger partial charge is 0.264 e. The zero-order valence-corrected chi connectivity index (χ0v) is 24.4. The van der Waals surface area contributed by atoms with E-state index >= 15 is 0 Å². The molecule has 2 aliphatic rings. The summed E-state index contributed by atoms with van der Waals surface area (Å²) in [5, 5.41) is 2.49. The Labute approximate surface area is 258 Å². The van der Waals surface area contributed by atoms with Gasteiger partial charge in [-0.05, 0) is 87.7 Å². The third kappa shape index (κ3) is 5.07. The first kappa shape index (κ1) is 26.2. The fraction of sp³-hybridized carbons (Fsp3) is 0.0976. The molecule has 3 nitrogen and oxygen atoms in total. The van der Waals surface area contributed by atoms with E-state index in [-0.39, 0.29) is 5.92 Å². The van der Waals surface area contributed by atoms with Gasteiger partial charge in [0.05, 0.1) is 11.4 Å². The smallest absolute Gasteiger partial charge is 0.160 e. The number of hydrogen-bond donors (Lipinski definition) is 0. The van der Waals surface area contributed by atoms with Crippen LogP contribution in [0.15, 0.2) is 140 Å². The van der Waals surface area contributed by atoms with E-state index in [4.69, 9.17) is 9.97 Å². The van der Waals surface area contributed by atoms with Crippen LogP contribution in [0.2, 0.25) is 0 Å². The molecule has 8 rings (SSSR count). The summed E-state index contributed by atoms with van der Waals surface area (Å²) in [6, 6.07) is 36.8. The quantitative estimate of drug-likeness (QED) is 0.209. The highest BCUT2D eigenvalue weighted by Gasteiger charge is 2.19. The van der Waals surface area contributed by atoms with E-state index < -0.39 is 0 Å². The third-order valence-electron chi connectivity index (χ3n) is 8.73. The van der Waals surface area contributed by atoms with Gasteiger partial charge < -0.3 is 0 Å². The van der Waals surface area contributed by atoms with Gasteiger partial charge in [0.1, 0.15) is 0 Å². The molecule has 0 radical (unpaired) electrons. The van der Waals surface area contributed by atoms with Crippen molar-refractivity contribution in [2.75, 3.05) is 0 Å². The summed E-state index contributed by atoms with van der Waals surface area (Å²) in [6.07, 6.45) is 18.0. The molecular formula is C41H31N3. The number of aromatic nitrogens is 3. The van der Waals surface area contributed by atoms with E-state index in [9.17, 15) is 0 Å². The Balaban J connectivity index is 1.26. The average Bonchev–Trinajstić information content (AvgIpc) is 3.11. The van der Waals surface area contributed by atoms with Crippen LogP contribution in [-0.2, 0) is 6.42 Å². The van der Waals surface area contributed by atoms with Gasteiger partial charge in [0.15, 0.2) is 5.82 Å². The highest BCUT2D eigenvalue weighted by atomic mass is 14.9. The minimum atomic E-state index is 0.137. The standard InChI is InChI=1S/C41H31N3/c1-2-11-30-24-35(21-20-28(30)9-1)41-43-39(33-15-5-13-31(23-33)36-17-8-22-42-27-36)26-40(44-41)34-16-6-14-32(25-34)38-19-7-12-29-10-3-4-18-37(29)38/h1,3-10,12-14,16-27,33H,2,11,15H2. The molecule has 6 aromatic rings. The van der Waals surface area contributed by atoms with Crippen molar-refractivity contribution in [2.45, 2.75) is 25.2 Å². The van der Waals surface area contributed by atoms with Crippen molar-refractivity contribution in [1.82, 2.24) is 15.0 Å². The summed E-state index contributed by atoms with van der Waals surface area (Å²) in [6.45, 7) is 0. The topological polar surface area (TPSA) is 38.7 Å². The van der Waals surface area contributed by atoms with Crippen molar-refractivity contribution in [3.8, 4) is 33.8 Å². The second-order valence-corrected chi connectivity index (χ2v) is 11.6. The van der Waals surface area contributed by atoms with Crippen LogP contribution in [0.25, 0.3) is 56.2 Å². The number of aryl methyl sites for hydroxylation is 1. The van der Waals surface area contributed by atoms with Crippen molar-refractivity contribution in [2.24, 2.45) is 0 Å². The van der Waals surface area contributed by atoms with Crippen molar-refractivity contribution < 1.29 is 0 Å². The molecule has 0 fully saturated rings. The fourth-order valence-corrected chi connectivity index (χ4v) is 6.44. The molecule has 0 saturated heterocycles. The van der Waals surface area contributed by atoms with Gasteiger partial charge >= 0.3 is 0 Å². The molecule has 0 N–H and O–H groups in total. The highest BCUT2D eigenvalue weighted by molar-refractivity contribution is 5.97. The van der Waals surface area contributed by atoms with Crippen molar-refractivity contribution in [1.29, 1.82) is 0 Å². The number of nitrogens with zero attached hydrogens (tertiary/aromatic N) is 3. The normalized spacial score (nSPS) is 15.6. The van der Waals surface area contributed by atoms with Gasteiger partial charge in [0.25, 0.3) is 0 Å². The molecule has 2 heterocycles. The number of benzene rings is 4. The second kappa shape index (κ2) is 11.3. The van der Waals surface area contributed by atoms with Gasteiger partial charge in [-0.25, -0.2) is 9.97 Å². The lowest BCUT2D eigenvalue weighted by Gasteiger charge is -2.19. The molecule has 44 heavy (non-hydrogen) atoms. The number of hydrogen-bond acceptors (Lipinski definition) is 3. The summed E-state index contributed by atoms with van der Waals surface area (Å²) < 4.78 is 0. The third-order valence-corrected chi connectivity index (χ3v) is 8.73. The Hall–Kier alpha value is -5.41. The average molecular weight is 566 g/mol. The van der Waals surface area contributed by atoms with E-state index in [0.717, 1.165) is 53.2 Å². The predicted octanol–water partition coefficient (Wildman–Crippen LogP) is 10.1. The first-order valence-corrected chi connectivity index (χ1v) is 15.3. The minimum Gasteiger partial charge on any atom is -0.264 e. The van der Waals surface area contributed by atoms with Crippen LogP contribution in [-0.4, -0.2) is 15.0 Å². The minimum absolute atomic E-state index is 0.137. The summed E-state index contributed by atoms with van der Waals surface area (Å²) in [5.74, 6) is 0.911. The number of pyridine rings is 1. The molecule has 1 atom stereocenters. The van der Waals surface area contributed by atoms with Crippen molar-refractivity contribution >= 4 is 22.4 Å². The molecule has 2 aromatic heterocycles. The number of allylic oxidation sites excluding steroid dienone is 5. The van der Waals surface area contributed by atoms with Crippen LogP contribution in [0.5, 0.6) is 0 Å². The summed E-state index contributed by atoms with van der Waals surface area (Å²) in [5.41, 5.74) is 11.5. The Morgan fingerprint density at radius 2 is 1.55 bits per heavy atom. The van der Waals surface area contributed by atoms with Crippen LogP contribution < -0.4 is 0 Å². The van der Waals surface area contributed by atoms with E-state index in [1.165, 1.54) is 38.6 Å². The van der Waals surface area contributed by atoms with Gasteiger partial charge in [-0.3, -0.25) is 4.98 Å². The lowest BCUT2D eigenvalue weighted by molar-refractivity contribution is 0.814. The molecule has 1 unspecified atom stereocenters. The monoisotopic (exact) mass is 565 g/mol. The van der Waals surface area contributed by atoms with E-state index in [2.05, 4.69) is 132 Å². The molecular weight excluding hydrogens is 534 g/mol. The van der Waals surface area contributed by atoms with E-state index in [0.29, 0.717) is 0 Å². The SMILES string of the molecule is C1=Cc2ccc(-c3nc(-c4cccc(-c5cccc6ccccc56)c4)cc(C4C=C(c5cccnc5)C=CC4)n3)cc2CC1. The first-order valence-electron chi connectivity index (χ1n) is 15.3. The highest BCUT2D eigenvalue weighted by Crippen LogP contribution is 2.36. The molecule has 3 heteroatoms. The van der Waals surface area contributed by atoms with Crippen LogP contribution in [0, 0.1) is 0 Å². The van der Waals surface area contributed by atoms with Crippen molar-refractivity contribution in [3.63, 3.8) is 0 Å². The molecule has 0 spiro atoms. The van der Waals surface area contributed by atoms with Crippen LogP contribution >= 0.6 is 0 Å². The molecule has 0 aliphatic heterocycles. The Morgan fingerprint density at radius 1 is 0.659 bits per heavy atom. The Bertz CT molecular complexity index is 2100. The van der Waals surface area contributed by atoms with Gasteiger partial charge in [0.2, 0.25) is 0 Å². The molecule has 210 valence electrons. The Morgan fingerprint density at radius 3 is 2.50 bits per heavy atom. The Kier molecular flexibility index (Phi) is 6.77. The summed E-state index contributed by atoms with van der Waals surface area (Å²) in [7, 11) is 0. The molecule has 4 aromatic carbocycles. The van der Waals surface area contributed by atoms with E-state index in [1.54, 1.807) is 0 Å². The molecule has 0 bridgehead atoms. The lowest BCUT2D eigenvalue weighted by atomic mass is 9.89. The van der Waals surface area contributed by atoms with Gasteiger partial charge in [-0.2, -0.15) is 0 Å². The maximum atomic E-state index is 5.23. The van der Waals surface area contributed by atoms with E-state index in [1.807, 2.05) is 18.5 Å². The molecule has 0 saturated carbocycles. The van der Waals surface area contributed by atoms with Gasteiger partial charge in [0, 0.05) is 29.4 Å². The fourth-order valence-electron chi connectivity index (χ4n) is 6.44. The first-order chi connectivity index (χ1) is 21.8. The number of rotatable bonds is 5. The van der Waals surface area contributed by atoms with Crippen LogP contribution in [0.1, 0.15) is 41.1 Å². The maximum Gasteiger partial charge on any atom is 0.160 e. The number of fused-ring (bicyclic) bond motifs is 2. The lowest BCUT2D eigenvalue weighted by Crippen LogP contribution is -2.06. The zero-order chi connectivity index (χ0) is 29.3. The van der Waals surface area contributed by atoms with Crippen molar-refractivity contribution in [3.05, 3.63) is 162 Å². The summed E-state index contributed by atoms with van der Waals surface area (Å²) >= 11 is 0. The zero-order valence-electron chi connectivity index (χ0n) is 24.4.